The molecule has 0 bridgehead atoms. The summed E-state index contributed by atoms with van der Waals surface area (Å²) in [5.74, 6) is 1.07. The predicted molar refractivity (Wildman–Crippen MR) is 77.7 cm³/mol. The van der Waals surface area contributed by atoms with E-state index in [1.54, 1.807) is 4.31 Å². The number of hydrogen-bond donors (Lipinski definition) is 0. The van der Waals surface area contributed by atoms with Crippen LogP contribution in [0.15, 0.2) is 0 Å². The fourth-order valence-electron chi connectivity index (χ4n) is 2.20. The van der Waals surface area contributed by atoms with Crippen molar-refractivity contribution >= 4 is 21.8 Å². The molecule has 0 unspecified atom stereocenters. The molecular formula is C12H25ClN2O3S. The van der Waals surface area contributed by atoms with E-state index in [9.17, 15) is 8.42 Å². The molecule has 1 rings (SSSR count). The second-order valence-electron chi connectivity index (χ2n) is 4.69. The lowest BCUT2D eigenvalue weighted by molar-refractivity contribution is 0.133. The minimum Gasteiger partial charge on any atom is -0.380 e. The van der Waals surface area contributed by atoms with Gasteiger partial charge in [-0.25, -0.2) is 0 Å². The summed E-state index contributed by atoms with van der Waals surface area (Å²) in [6, 6.07) is 0. The summed E-state index contributed by atoms with van der Waals surface area (Å²) in [4.78, 5) is 0. The van der Waals surface area contributed by atoms with E-state index in [2.05, 4.69) is 0 Å². The van der Waals surface area contributed by atoms with E-state index in [-0.39, 0.29) is 0 Å². The van der Waals surface area contributed by atoms with Crippen molar-refractivity contribution in [1.82, 2.24) is 8.61 Å². The minimum absolute atomic E-state index is 0.419. The number of hydrogen-bond acceptors (Lipinski definition) is 3. The molecule has 5 nitrogen and oxygen atoms in total. The van der Waals surface area contributed by atoms with E-state index in [1.165, 1.54) is 4.31 Å². The molecule has 0 aromatic heterocycles. The number of rotatable bonds is 8. The summed E-state index contributed by atoms with van der Waals surface area (Å²) < 4.78 is 33.2. The molecule has 0 N–H and O–H groups in total. The second-order valence-corrected chi connectivity index (χ2v) is 6.93. The van der Waals surface area contributed by atoms with Gasteiger partial charge in [-0.1, -0.05) is 6.92 Å². The van der Waals surface area contributed by atoms with Crippen molar-refractivity contribution in [3.05, 3.63) is 0 Å². The molecular weight excluding hydrogens is 288 g/mol. The molecule has 1 heterocycles. The van der Waals surface area contributed by atoms with Gasteiger partial charge < -0.3 is 4.74 Å². The standard InChI is InChI=1S/C12H25ClN2O3S/c1-3-14(9-10-18-4-2)19(16,17)15-7-5-12(11-13)6-8-15/h12H,3-11H2,1-2H3. The molecule has 7 heteroatoms. The highest BCUT2D eigenvalue weighted by Crippen LogP contribution is 2.22. The van der Waals surface area contributed by atoms with E-state index < -0.39 is 10.2 Å². The summed E-state index contributed by atoms with van der Waals surface area (Å²) in [5, 5.41) is 0. The van der Waals surface area contributed by atoms with Gasteiger partial charge >= 0.3 is 0 Å². The first kappa shape index (κ1) is 17.2. The van der Waals surface area contributed by atoms with Gasteiger partial charge in [0.25, 0.3) is 10.2 Å². The first-order valence-electron chi connectivity index (χ1n) is 6.95. The van der Waals surface area contributed by atoms with Crippen LogP contribution in [-0.4, -0.2) is 62.3 Å². The third kappa shape index (κ3) is 4.86. The Labute approximate surface area is 122 Å². The van der Waals surface area contributed by atoms with Crippen LogP contribution in [0.25, 0.3) is 0 Å². The molecule has 0 amide bonds. The second kappa shape index (κ2) is 8.42. The van der Waals surface area contributed by atoms with Crippen LogP contribution in [0.2, 0.25) is 0 Å². The zero-order valence-electron chi connectivity index (χ0n) is 11.8. The largest absolute Gasteiger partial charge is 0.380 e. The molecule has 0 atom stereocenters. The maximum atomic E-state index is 12.5. The molecule has 19 heavy (non-hydrogen) atoms. The Balaban J connectivity index is 2.57. The average molecular weight is 313 g/mol. The van der Waals surface area contributed by atoms with E-state index in [1.807, 2.05) is 13.8 Å². The van der Waals surface area contributed by atoms with E-state index in [0.29, 0.717) is 51.2 Å². The Hall–Kier alpha value is 0.120. The van der Waals surface area contributed by atoms with Gasteiger partial charge in [0, 0.05) is 38.7 Å². The lowest BCUT2D eigenvalue weighted by atomic mass is 10.0. The van der Waals surface area contributed by atoms with E-state index >= 15 is 0 Å². The summed E-state index contributed by atoms with van der Waals surface area (Å²) in [5.41, 5.74) is 0. The molecule has 1 fully saturated rings. The fraction of sp³-hybridized carbons (Fsp3) is 1.00. The molecule has 1 aliphatic rings. The topological polar surface area (TPSA) is 49.9 Å². The lowest BCUT2D eigenvalue weighted by Gasteiger charge is -2.34. The van der Waals surface area contributed by atoms with Crippen LogP contribution in [-0.2, 0) is 14.9 Å². The average Bonchev–Trinajstić information content (AvgIpc) is 2.43. The fourth-order valence-corrected chi connectivity index (χ4v) is 4.14. The van der Waals surface area contributed by atoms with Crippen LogP contribution in [0, 0.1) is 5.92 Å². The Morgan fingerprint density at radius 1 is 1.32 bits per heavy atom. The number of alkyl halides is 1. The van der Waals surface area contributed by atoms with Crippen molar-refractivity contribution in [2.45, 2.75) is 26.7 Å². The van der Waals surface area contributed by atoms with Gasteiger partial charge in [0.15, 0.2) is 0 Å². The molecule has 0 aromatic carbocycles. The summed E-state index contributed by atoms with van der Waals surface area (Å²) in [6.45, 7) is 6.86. The first-order chi connectivity index (χ1) is 9.06. The third-order valence-corrected chi connectivity index (χ3v) is 6.03. The molecule has 0 spiro atoms. The molecule has 0 radical (unpaired) electrons. The predicted octanol–water partition coefficient (Wildman–Crippen LogP) is 1.54. The highest BCUT2D eigenvalue weighted by molar-refractivity contribution is 7.86. The first-order valence-corrected chi connectivity index (χ1v) is 8.88. The van der Waals surface area contributed by atoms with Crippen molar-refractivity contribution in [3.63, 3.8) is 0 Å². The maximum Gasteiger partial charge on any atom is 0.282 e. The zero-order valence-corrected chi connectivity index (χ0v) is 13.4. The van der Waals surface area contributed by atoms with Crippen molar-refractivity contribution in [3.8, 4) is 0 Å². The monoisotopic (exact) mass is 312 g/mol. The number of ether oxygens (including phenoxy) is 1. The summed E-state index contributed by atoms with van der Waals surface area (Å²) >= 11 is 5.82. The van der Waals surface area contributed by atoms with E-state index in [0.717, 1.165) is 12.8 Å². The lowest BCUT2D eigenvalue weighted by Crippen LogP contribution is -2.48. The third-order valence-electron chi connectivity index (χ3n) is 3.49. The molecule has 0 aromatic rings. The normalized spacial score (nSPS) is 19.2. The number of nitrogens with zero attached hydrogens (tertiary/aromatic N) is 2. The molecule has 0 saturated carbocycles. The Morgan fingerprint density at radius 2 is 1.95 bits per heavy atom. The van der Waals surface area contributed by atoms with Crippen molar-refractivity contribution in [2.75, 3.05) is 45.3 Å². The Morgan fingerprint density at radius 3 is 2.42 bits per heavy atom. The quantitative estimate of drug-likeness (QED) is 0.504. The van der Waals surface area contributed by atoms with Crippen molar-refractivity contribution in [1.29, 1.82) is 0 Å². The van der Waals surface area contributed by atoms with Crippen molar-refractivity contribution in [2.24, 2.45) is 5.92 Å². The highest BCUT2D eigenvalue weighted by Gasteiger charge is 2.31. The van der Waals surface area contributed by atoms with Gasteiger partial charge in [-0.3, -0.25) is 0 Å². The van der Waals surface area contributed by atoms with E-state index in [4.69, 9.17) is 16.3 Å². The van der Waals surface area contributed by atoms with Crippen LogP contribution in [0.4, 0.5) is 0 Å². The molecule has 0 aliphatic carbocycles. The van der Waals surface area contributed by atoms with Gasteiger partial charge in [0.05, 0.1) is 6.61 Å². The van der Waals surface area contributed by atoms with Gasteiger partial charge in [-0.05, 0) is 25.7 Å². The van der Waals surface area contributed by atoms with Crippen LogP contribution in [0.1, 0.15) is 26.7 Å². The van der Waals surface area contributed by atoms with Crippen LogP contribution >= 0.6 is 11.6 Å². The SMILES string of the molecule is CCOCCN(CC)S(=O)(=O)N1CCC(CCl)CC1. The minimum atomic E-state index is -3.34. The highest BCUT2D eigenvalue weighted by atomic mass is 35.5. The molecule has 1 aliphatic heterocycles. The zero-order chi connectivity index (χ0) is 14.3. The van der Waals surface area contributed by atoms with Gasteiger partial charge in [-0.15, -0.1) is 11.6 Å². The summed E-state index contributed by atoms with van der Waals surface area (Å²) in [6.07, 6.45) is 1.71. The van der Waals surface area contributed by atoms with Gasteiger partial charge in [0.1, 0.15) is 0 Å². The molecule has 114 valence electrons. The summed E-state index contributed by atoms with van der Waals surface area (Å²) in [7, 11) is -3.34. The van der Waals surface area contributed by atoms with Crippen LogP contribution in [0.3, 0.4) is 0 Å². The Bertz CT molecular complexity index is 332. The van der Waals surface area contributed by atoms with Gasteiger partial charge in [0.2, 0.25) is 0 Å². The van der Waals surface area contributed by atoms with Gasteiger partial charge in [-0.2, -0.15) is 17.0 Å². The van der Waals surface area contributed by atoms with Crippen LogP contribution in [0.5, 0.6) is 0 Å². The Kier molecular flexibility index (Phi) is 7.61. The smallest absolute Gasteiger partial charge is 0.282 e. The number of piperidine rings is 1. The number of likely N-dealkylation sites (N-methyl/N-ethyl adjacent to an activating group) is 1. The number of halogens is 1. The molecule has 1 saturated heterocycles. The maximum absolute atomic E-state index is 12.5. The van der Waals surface area contributed by atoms with Crippen LogP contribution < -0.4 is 0 Å². The van der Waals surface area contributed by atoms with Crippen molar-refractivity contribution < 1.29 is 13.2 Å².